The molecule has 3 heterocycles. The Hall–Kier alpha value is -4.21. The first-order valence-electron chi connectivity index (χ1n) is 9.09. The number of carboxylic acids is 2. The lowest BCUT2D eigenvalue weighted by molar-refractivity contribution is -0.134. The lowest BCUT2D eigenvalue weighted by Gasteiger charge is -2.05. The normalized spacial score (nSPS) is 11.1. The molecule has 3 aromatic heterocycles. The second kappa shape index (κ2) is 8.66. The number of rotatable bonds is 4. The molecule has 0 atom stereocenters. The largest absolute Gasteiger partial charge is 0.478 e. The Morgan fingerprint density at radius 3 is 2.45 bits per heavy atom. The number of hydrogen-bond donors (Lipinski definition) is 3. The number of aryl methyl sites for hydroxylation is 2. The van der Waals surface area contributed by atoms with Crippen LogP contribution in [0.3, 0.4) is 0 Å². The van der Waals surface area contributed by atoms with Crippen molar-refractivity contribution in [2.75, 3.05) is 0 Å². The maximum atomic E-state index is 14.1. The minimum absolute atomic E-state index is 0.138. The van der Waals surface area contributed by atoms with E-state index in [1.165, 1.54) is 6.07 Å². The molecule has 4 rings (SSSR count). The molecule has 0 fully saturated rings. The van der Waals surface area contributed by atoms with Crippen LogP contribution in [0.2, 0.25) is 0 Å². The number of nitrogens with zero attached hydrogens (tertiary/aromatic N) is 3. The fraction of sp³-hybridized carbons (Fsp3) is 0.143. The summed E-state index contributed by atoms with van der Waals surface area (Å²) in [6, 6.07) is 6.67. The van der Waals surface area contributed by atoms with Gasteiger partial charge >= 0.3 is 11.9 Å². The summed E-state index contributed by atoms with van der Waals surface area (Å²) >= 11 is 0. The number of aromatic amines is 1. The summed E-state index contributed by atoms with van der Waals surface area (Å²) in [5, 5.41) is 16.8. The van der Waals surface area contributed by atoms with Crippen molar-refractivity contribution < 1.29 is 24.2 Å². The maximum Gasteiger partial charge on any atom is 0.328 e. The van der Waals surface area contributed by atoms with Crippen LogP contribution < -0.4 is 5.56 Å². The summed E-state index contributed by atoms with van der Waals surface area (Å²) in [6.45, 7) is 2.30. The number of pyridine rings is 1. The Bertz CT molecular complexity index is 1360. The van der Waals surface area contributed by atoms with Crippen LogP contribution in [0.4, 0.5) is 4.39 Å². The number of para-hydroxylation sites is 1. The van der Waals surface area contributed by atoms with Crippen molar-refractivity contribution in [1.82, 2.24) is 19.1 Å². The molecule has 0 unspecified atom stereocenters. The first-order valence-corrected chi connectivity index (χ1v) is 9.09. The molecular weight excluding hydrogens is 407 g/mol. The third-order valence-corrected chi connectivity index (χ3v) is 4.72. The lowest BCUT2D eigenvalue weighted by Crippen LogP contribution is -2.20. The van der Waals surface area contributed by atoms with Gasteiger partial charge in [-0.25, -0.2) is 19.0 Å². The molecule has 0 amide bonds. The van der Waals surface area contributed by atoms with Crippen molar-refractivity contribution >= 4 is 33.7 Å². The molecular formula is C21H19FN4O5. The van der Waals surface area contributed by atoms with Crippen molar-refractivity contribution in [3.8, 4) is 0 Å². The highest BCUT2D eigenvalue weighted by atomic mass is 19.1. The molecule has 0 aliphatic rings. The topological polar surface area (TPSA) is 130 Å². The van der Waals surface area contributed by atoms with E-state index < -0.39 is 11.9 Å². The number of halogens is 1. The van der Waals surface area contributed by atoms with E-state index in [4.69, 9.17) is 10.2 Å². The summed E-state index contributed by atoms with van der Waals surface area (Å²) in [5.41, 5.74) is 2.79. The number of imidazole rings is 1. The van der Waals surface area contributed by atoms with E-state index in [1.54, 1.807) is 40.8 Å². The quantitative estimate of drug-likeness (QED) is 0.430. The van der Waals surface area contributed by atoms with Gasteiger partial charge in [0.15, 0.2) is 0 Å². The maximum absolute atomic E-state index is 14.1. The lowest BCUT2D eigenvalue weighted by atomic mass is 10.2. The molecule has 0 spiro atoms. The average Bonchev–Trinajstić information content (AvgIpc) is 3.25. The SMILES string of the molecule is Cc1[nH]cnc1Cn1ccc2c(c1=O)c1cccc(F)c1n2C.O=C(O)/C=C\C(=O)O. The number of carbonyl (C=O) groups is 2. The van der Waals surface area contributed by atoms with Gasteiger partial charge in [-0.15, -0.1) is 0 Å². The van der Waals surface area contributed by atoms with Gasteiger partial charge < -0.3 is 24.3 Å². The van der Waals surface area contributed by atoms with Crippen LogP contribution >= 0.6 is 0 Å². The number of aromatic nitrogens is 4. The average molecular weight is 426 g/mol. The molecule has 9 nitrogen and oxygen atoms in total. The fourth-order valence-corrected chi connectivity index (χ4v) is 3.25. The van der Waals surface area contributed by atoms with Gasteiger partial charge in [0.25, 0.3) is 5.56 Å². The van der Waals surface area contributed by atoms with Gasteiger partial charge in [-0.2, -0.15) is 0 Å². The highest BCUT2D eigenvalue weighted by Gasteiger charge is 2.16. The third kappa shape index (κ3) is 4.37. The van der Waals surface area contributed by atoms with E-state index in [9.17, 15) is 18.8 Å². The summed E-state index contributed by atoms with van der Waals surface area (Å²) in [4.78, 5) is 39.2. The van der Waals surface area contributed by atoms with E-state index in [-0.39, 0.29) is 11.4 Å². The summed E-state index contributed by atoms with van der Waals surface area (Å²) < 4.78 is 17.5. The highest BCUT2D eigenvalue weighted by Crippen LogP contribution is 2.27. The van der Waals surface area contributed by atoms with Crippen molar-refractivity contribution in [3.05, 3.63) is 76.5 Å². The van der Waals surface area contributed by atoms with Crippen LogP contribution in [-0.2, 0) is 23.2 Å². The van der Waals surface area contributed by atoms with Crippen LogP contribution in [0.5, 0.6) is 0 Å². The molecule has 0 saturated heterocycles. The number of benzene rings is 1. The van der Waals surface area contributed by atoms with Crippen LogP contribution in [0.25, 0.3) is 21.8 Å². The molecule has 0 aliphatic heterocycles. The highest BCUT2D eigenvalue weighted by molar-refractivity contribution is 6.07. The summed E-state index contributed by atoms with van der Waals surface area (Å²) in [5.74, 6) is -2.84. The number of carboxylic acid groups (broad SMARTS) is 2. The molecule has 10 heteroatoms. The number of nitrogens with one attached hydrogen (secondary N) is 1. The minimum Gasteiger partial charge on any atom is -0.478 e. The predicted octanol–water partition coefficient (Wildman–Crippen LogP) is 2.42. The second-order valence-electron chi connectivity index (χ2n) is 6.69. The zero-order valence-electron chi connectivity index (χ0n) is 16.7. The van der Waals surface area contributed by atoms with Crippen molar-refractivity contribution in [1.29, 1.82) is 0 Å². The first-order chi connectivity index (χ1) is 14.7. The molecule has 0 saturated carbocycles. The molecule has 31 heavy (non-hydrogen) atoms. The Labute approximate surface area is 174 Å². The first kappa shape index (κ1) is 21.5. The Morgan fingerprint density at radius 2 is 1.87 bits per heavy atom. The van der Waals surface area contributed by atoms with E-state index in [2.05, 4.69) is 9.97 Å². The van der Waals surface area contributed by atoms with Gasteiger partial charge in [0.05, 0.1) is 35.0 Å². The standard InChI is InChI=1S/C17H15FN4O.C4H4O4/c1-10-13(20-9-19-10)8-22-7-6-14-15(17(22)23)11-4-3-5-12(18)16(11)21(14)2;5-3(6)1-2-4(7)8/h3-7,9H,8H2,1-2H3,(H,19,20);1-2H,(H,5,6)(H,7,8)/b;2-1-. The summed E-state index contributed by atoms with van der Waals surface area (Å²) in [7, 11) is 1.77. The van der Waals surface area contributed by atoms with Crippen LogP contribution in [-0.4, -0.2) is 41.3 Å². The van der Waals surface area contributed by atoms with Gasteiger partial charge in [0, 0.05) is 36.5 Å². The number of aliphatic carboxylic acids is 2. The zero-order chi connectivity index (χ0) is 22.7. The van der Waals surface area contributed by atoms with Crippen LogP contribution in [0.15, 0.2) is 53.7 Å². The second-order valence-corrected chi connectivity index (χ2v) is 6.69. The van der Waals surface area contributed by atoms with Gasteiger partial charge in [0.1, 0.15) is 5.82 Å². The van der Waals surface area contributed by atoms with E-state index in [0.717, 1.165) is 16.9 Å². The van der Waals surface area contributed by atoms with Gasteiger partial charge in [-0.05, 0) is 19.1 Å². The predicted molar refractivity (Wildman–Crippen MR) is 111 cm³/mol. The smallest absolute Gasteiger partial charge is 0.328 e. The van der Waals surface area contributed by atoms with Gasteiger partial charge in [-0.3, -0.25) is 4.79 Å². The Balaban J connectivity index is 0.000000293. The molecule has 0 radical (unpaired) electrons. The minimum atomic E-state index is -1.26. The molecule has 160 valence electrons. The van der Waals surface area contributed by atoms with Crippen molar-refractivity contribution in [2.24, 2.45) is 7.05 Å². The number of fused-ring (bicyclic) bond motifs is 3. The van der Waals surface area contributed by atoms with Gasteiger partial charge in [0.2, 0.25) is 0 Å². The number of H-pyrrole nitrogens is 1. The van der Waals surface area contributed by atoms with E-state index in [1.807, 2.05) is 13.0 Å². The Morgan fingerprint density at radius 1 is 1.19 bits per heavy atom. The molecule has 4 aromatic rings. The van der Waals surface area contributed by atoms with Crippen LogP contribution in [0, 0.1) is 12.7 Å². The molecule has 1 aromatic carbocycles. The van der Waals surface area contributed by atoms with Gasteiger partial charge in [-0.1, -0.05) is 12.1 Å². The zero-order valence-corrected chi connectivity index (χ0v) is 16.7. The Kier molecular flexibility index (Phi) is 6.00. The third-order valence-electron chi connectivity index (χ3n) is 4.72. The van der Waals surface area contributed by atoms with E-state index >= 15 is 0 Å². The van der Waals surface area contributed by atoms with Crippen LogP contribution in [0.1, 0.15) is 11.4 Å². The number of hydrogen-bond acceptors (Lipinski definition) is 4. The fourth-order valence-electron chi connectivity index (χ4n) is 3.25. The molecule has 3 N–H and O–H groups in total. The summed E-state index contributed by atoms with van der Waals surface area (Å²) in [6.07, 6.45) is 4.46. The molecule has 0 bridgehead atoms. The molecule has 0 aliphatic carbocycles. The van der Waals surface area contributed by atoms with Crippen molar-refractivity contribution in [2.45, 2.75) is 13.5 Å². The monoisotopic (exact) mass is 426 g/mol. The van der Waals surface area contributed by atoms with E-state index in [0.29, 0.717) is 35.0 Å². The van der Waals surface area contributed by atoms with Crippen molar-refractivity contribution in [3.63, 3.8) is 0 Å².